The van der Waals surface area contributed by atoms with E-state index in [1.54, 1.807) is 5.56 Å². The van der Waals surface area contributed by atoms with Crippen LogP contribution in [-0.4, -0.2) is 44.3 Å². The zero-order chi connectivity index (χ0) is 14.0. The second-order valence-corrected chi connectivity index (χ2v) is 5.45. The van der Waals surface area contributed by atoms with E-state index in [4.69, 9.17) is 4.74 Å². The molecule has 0 atom stereocenters. The average Bonchev–Trinajstić information content (AvgIpc) is 2.68. The van der Waals surface area contributed by atoms with Crippen molar-refractivity contribution >= 4 is 0 Å². The molecule has 0 aliphatic carbocycles. The highest BCUT2D eigenvalue weighted by atomic mass is 16.5. The number of ether oxygens (including phenoxy) is 1. The third-order valence-electron chi connectivity index (χ3n) is 3.88. The van der Waals surface area contributed by atoms with Gasteiger partial charge in [-0.15, -0.1) is 0 Å². The van der Waals surface area contributed by atoms with Gasteiger partial charge in [0.1, 0.15) is 0 Å². The molecular weight excluding hydrogens is 248 g/mol. The van der Waals surface area contributed by atoms with Crippen LogP contribution in [0.2, 0.25) is 0 Å². The van der Waals surface area contributed by atoms with E-state index >= 15 is 0 Å². The molecule has 0 fully saturated rings. The Balaban J connectivity index is 1.64. The molecule has 0 aromatic heterocycles. The molecule has 3 heteroatoms. The van der Waals surface area contributed by atoms with Gasteiger partial charge in [-0.05, 0) is 50.4 Å². The molecule has 1 aromatic carbocycles. The van der Waals surface area contributed by atoms with E-state index in [9.17, 15) is 0 Å². The van der Waals surface area contributed by atoms with Crippen molar-refractivity contribution in [2.24, 2.45) is 0 Å². The first-order valence-corrected chi connectivity index (χ1v) is 7.97. The van der Waals surface area contributed by atoms with Crippen molar-refractivity contribution in [3.05, 3.63) is 35.4 Å². The number of hydrogen-bond acceptors (Lipinski definition) is 3. The van der Waals surface area contributed by atoms with Crippen molar-refractivity contribution in [1.29, 1.82) is 0 Å². The van der Waals surface area contributed by atoms with Crippen LogP contribution >= 0.6 is 0 Å². The molecule has 20 heavy (non-hydrogen) atoms. The molecule has 0 unspecified atom stereocenters. The molecule has 1 N–H and O–H groups in total. The van der Waals surface area contributed by atoms with Gasteiger partial charge in [-0.25, -0.2) is 0 Å². The molecule has 2 rings (SSSR count). The van der Waals surface area contributed by atoms with Crippen LogP contribution in [0.3, 0.4) is 0 Å². The Hall–Kier alpha value is -0.900. The van der Waals surface area contributed by atoms with Crippen molar-refractivity contribution in [3.63, 3.8) is 0 Å². The highest BCUT2D eigenvalue weighted by molar-refractivity contribution is 5.27. The standard InChI is InChI=1S/C17H28N2O/c1-2-20-14-6-10-18-11-13-19-12-5-9-16-7-3-4-8-17(16)15-19/h3-4,7-8,18H,2,5-6,9-15H2,1H3. The first-order valence-electron chi connectivity index (χ1n) is 7.97. The van der Waals surface area contributed by atoms with Crippen LogP contribution in [0.5, 0.6) is 0 Å². The van der Waals surface area contributed by atoms with Crippen LogP contribution in [0.4, 0.5) is 0 Å². The SMILES string of the molecule is CCOCCCNCCN1CCCc2ccccc2C1. The summed E-state index contributed by atoms with van der Waals surface area (Å²) in [4.78, 5) is 2.57. The van der Waals surface area contributed by atoms with E-state index in [-0.39, 0.29) is 0 Å². The lowest BCUT2D eigenvalue weighted by molar-refractivity contribution is 0.144. The monoisotopic (exact) mass is 276 g/mol. The van der Waals surface area contributed by atoms with Crippen LogP contribution in [0.25, 0.3) is 0 Å². The highest BCUT2D eigenvalue weighted by Crippen LogP contribution is 2.17. The Kier molecular flexibility index (Phi) is 7.06. The van der Waals surface area contributed by atoms with E-state index in [1.165, 1.54) is 24.9 Å². The average molecular weight is 276 g/mol. The summed E-state index contributed by atoms with van der Waals surface area (Å²) in [5.41, 5.74) is 3.06. The predicted octanol–water partition coefficient (Wildman–Crippen LogP) is 2.45. The summed E-state index contributed by atoms with van der Waals surface area (Å²) < 4.78 is 5.34. The fourth-order valence-electron chi connectivity index (χ4n) is 2.77. The smallest absolute Gasteiger partial charge is 0.0477 e. The normalized spacial score (nSPS) is 15.8. The maximum Gasteiger partial charge on any atom is 0.0477 e. The largest absolute Gasteiger partial charge is 0.382 e. The lowest BCUT2D eigenvalue weighted by Gasteiger charge is -2.20. The molecule has 0 amide bonds. The Bertz CT molecular complexity index is 381. The minimum absolute atomic E-state index is 0.827. The number of hydrogen-bond donors (Lipinski definition) is 1. The van der Waals surface area contributed by atoms with Gasteiger partial charge in [0.25, 0.3) is 0 Å². The van der Waals surface area contributed by atoms with Crippen molar-refractivity contribution in [2.75, 3.05) is 39.4 Å². The molecule has 0 bridgehead atoms. The van der Waals surface area contributed by atoms with Gasteiger partial charge in [-0.3, -0.25) is 4.90 Å². The Morgan fingerprint density at radius 1 is 1.20 bits per heavy atom. The third kappa shape index (κ3) is 5.23. The fourth-order valence-corrected chi connectivity index (χ4v) is 2.77. The molecule has 1 aromatic rings. The molecule has 0 spiro atoms. The van der Waals surface area contributed by atoms with Gasteiger partial charge < -0.3 is 10.1 Å². The summed E-state index contributed by atoms with van der Waals surface area (Å²) in [6.07, 6.45) is 3.62. The van der Waals surface area contributed by atoms with E-state index < -0.39 is 0 Å². The number of nitrogens with one attached hydrogen (secondary N) is 1. The first-order chi connectivity index (χ1) is 9.90. The molecule has 3 nitrogen and oxygen atoms in total. The quantitative estimate of drug-likeness (QED) is 0.738. The molecular formula is C17H28N2O. The van der Waals surface area contributed by atoms with Gasteiger partial charge in [0.15, 0.2) is 0 Å². The topological polar surface area (TPSA) is 24.5 Å². The summed E-state index contributed by atoms with van der Waals surface area (Å²) in [5, 5.41) is 3.51. The predicted molar refractivity (Wildman–Crippen MR) is 84.0 cm³/mol. The van der Waals surface area contributed by atoms with Crippen molar-refractivity contribution in [2.45, 2.75) is 32.7 Å². The summed E-state index contributed by atoms with van der Waals surface area (Å²) in [7, 11) is 0. The summed E-state index contributed by atoms with van der Waals surface area (Å²) in [6.45, 7) is 9.35. The number of nitrogens with zero attached hydrogens (tertiary/aromatic N) is 1. The fraction of sp³-hybridized carbons (Fsp3) is 0.647. The number of fused-ring (bicyclic) bond motifs is 1. The summed E-state index contributed by atoms with van der Waals surface area (Å²) in [5.74, 6) is 0. The lowest BCUT2D eigenvalue weighted by Crippen LogP contribution is -2.32. The van der Waals surface area contributed by atoms with Crippen molar-refractivity contribution in [1.82, 2.24) is 10.2 Å². The molecule has 0 saturated carbocycles. The minimum Gasteiger partial charge on any atom is -0.382 e. The minimum atomic E-state index is 0.827. The lowest BCUT2D eigenvalue weighted by atomic mass is 10.0. The van der Waals surface area contributed by atoms with Crippen LogP contribution in [0, 0.1) is 0 Å². The van der Waals surface area contributed by atoms with Crippen LogP contribution < -0.4 is 5.32 Å². The molecule has 1 aliphatic heterocycles. The van der Waals surface area contributed by atoms with E-state index in [0.29, 0.717) is 0 Å². The third-order valence-corrected chi connectivity index (χ3v) is 3.88. The van der Waals surface area contributed by atoms with E-state index in [1.807, 2.05) is 6.92 Å². The number of aryl methyl sites for hydroxylation is 1. The van der Waals surface area contributed by atoms with Crippen LogP contribution in [-0.2, 0) is 17.7 Å². The number of benzene rings is 1. The van der Waals surface area contributed by atoms with Crippen LogP contribution in [0.1, 0.15) is 30.9 Å². The van der Waals surface area contributed by atoms with Gasteiger partial charge in [0.05, 0.1) is 0 Å². The van der Waals surface area contributed by atoms with Gasteiger partial charge in [0.2, 0.25) is 0 Å². The maximum absolute atomic E-state index is 5.34. The Morgan fingerprint density at radius 3 is 2.90 bits per heavy atom. The van der Waals surface area contributed by atoms with Gasteiger partial charge >= 0.3 is 0 Å². The van der Waals surface area contributed by atoms with Crippen LogP contribution in [0.15, 0.2) is 24.3 Å². The molecule has 0 saturated heterocycles. The van der Waals surface area contributed by atoms with Gasteiger partial charge in [-0.1, -0.05) is 24.3 Å². The summed E-state index contributed by atoms with van der Waals surface area (Å²) >= 11 is 0. The van der Waals surface area contributed by atoms with Gasteiger partial charge in [0, 0.05) is 32.8 Å². The molecule has 0 radical (unpaired) electrons. The Labute approximate surface area is 123 Å². The van der Waals surface area contributed by atoms with E-state index in [2.05, 4.69) is 34.5 Å². The zero-order valence-electron chi connectivity index (χ0n) is 12.7. The Morgan fingerprint density at radius 2 is 2.05 bits per heavy atom. The van der Waals surface area contributed by atoms with E-state index in [0.717, 1.165) is 45.8 Å². The molecule has 112 valence electrons. The first kappa shape index (κ1) is 15.5. The molecule has 1 aliphatic rings. The van der Waals surface area contributed by atoms with Crippen molar-refractivity contribution < 1.29 is 4.74 Å². The van der Waals surface area contributed by atoms with Crippen molar-refractivity contribution in [3.8, 4) is 0 Å². The highest BCUT2D eigenvalue weighted by Gasteiger charge is 2.12. The second kappa shape index (κ2) is 9.11. The number of rotatable bonds is 8. The zero-order valence-corrected chi connectivity index (χ0v) is 12.7. The van der Waals surface area contributed by atoms with Gasteiger partial charge in [-0.2, -0.15) is 0 Å². The summed E-state index contributed by atoms with van der Waals surface area (Å²) in [6, 6.07) is 8.89. The second-order valence-electron chi connectivity index (χ2n) is 5.45. The maximum atomic E-state index is 5.34. The molecule has 1 heterocycles.